The number of ether oxygens (including phenoxy) is 1. The van der Waals surface area contributed by atoms with Crippen LogP contribution < -0.4 is 4.74 Å². The maximum absolute atomic E-state index is 13.3. The average molecular weight is 427 g/mol. The molecule has 0 radical (unpaired) electrons. The summed E-state index contributed by atoms with van der Waals surface area (Å²) in [6.45, 7) is 0.242. The highest BCUT2D eigenvalue weighted by Crippen LogP contribution is 2.34. The van der Waals surface area contributed by atoms with E-state index >= 15 is 0 Å². The summed E-state index contributed by atoms with van der Waals surface area (Å²) in [7, 11) is 0. The van der Waals surface area contributed by atoms with Crippen molar-refractivity contribution in [1.29, 1.82) is 0 Å². The van der Waals surface area contributed by atoms with Crippen molar-refractivity contribution >= 4 is 23.6 Å². The van der Waals surface area contributed by atoms with E-state index < -0.39 is 54.1 Å². The Morgan fingerprint density at radius 2 is 1.68 bits per heavy atom. The molecule has 0 aromatic heterocycles. The number of Topliss-reactive ketones (excluding diaryl/α,β-unsaturated/α-hetero) is 2. The number of carbonyl (C=O) groups is 4. The predicted octanol–water partition coefficient (Wildman–Crippen LogP) is 3.43. The molecule has 2 aromatic carbocycles. The zero-order valence-electron chi connectivity index (χ0n) is 16.7. The predicted molar refractivity (Wildman–Crippen MR) is 108 cm³/mol. The van der Waals surface area contributed by atoms with E-state index in [4.69, 9.17) is 9.84 Å². The van der Waals surface area contributed by atoms with Gasteiger partial charge < -0.3 is 14.7 Å². The van der Waals surface area contributed by atoms with Crippen molar-refractivity contribution in [3.8, 4) is 5.75 Å². The van der Waals surface area contributed by atoms with Crippen molar-refractivity contribution < 1.29 is 33.4 Å². The molecule has 1 saturated heterocycles. The van der Waals surface area contributed by atoms with Crippen LogP contribution in [0.2, 0.25) is 0 Å². The number of benzene rings is 2. The van der Waals surface area contributed by atoms with Gasteiger partial charge in [-0.05, 0) is 42.2 Å². The number of para-hydroxylation sites is 1. The molecule has 1 amide bonds. The lowest BCUT2D eigenvalue weighted by molar-refractivity contribution is -0.142. The normalized spacial score (nSPS) is 18.3. The van der Waals surface area contributed by atoms with Gasteiger partial charge in [0, 0.05) is 19.5 Å². The number of carbonyl (C=O) groups excluding carboxylic acids is 3. The summed E-state index contributed by atoms with van der Waals surface area (Å²) in [5.74, 6) is -4.04. The number of hydrogen-bond donors (Lipinski definition) is 1. The molecule has 0 aliphatic carbocycles. The molecule has 31 heavy (non-hydrogen) atoms. The summed E-state index contributed by atoms with van der Waals surface area (Å²) in [5, 5.41) is 8.80. The Kier molecular flexibility index (Phi) is 7.12. The molecule has 0 saturated carbocycles. The van der Waals surface area contributed by atoms with Crippen molar-refractivity contribution in [3.63, 3.8) is 0 Å². The first-order chi connectivity index (χ1) is 14.8. The molecule has 2 aromatic rings. The summed E-state index contributed by atoms with van der Waals surface area (Å²) >= 11 is 0. The number of aliphatic carboxylic acids is 1. The lowest BCUT2D eigenvalue weighted by Crippen LogP contribution is -2.48. The molecule has 1 heterocycles. The number of rotatable bonds is 7. The van der Waals surface area contributed by atoms with E-state index in [2.05, 4.69) is 0 Å². The second-order valence-electron chi connectivity index (χ2n) is 7.36. The fraction of sp³-hybridized carbons (Fsp3) is 0.304. The number of likely N-dealkylation sites (tertiary alicyclic amines) is 1. The van der Waals surface area contributed by atoms with Crippen molar-refractivity contribution in [1.82, 2.24) is 4.90 Å². The quantitative estimate of drug-likeness (QED) is 0.680. The fourth-order valence-electron chi connectivity index (χ4n) is 3.70. The van der Waals surface area contributed by atoms with Crippen LogP contribution >= 0.6 is 0 Å². The highest BCUT2D eigenvalue weighted by molar-refractivity contribution is 6.38. The van der Waals surface area contributed by atoms with E-state index in [1.54, 1.807) is 42.5 Å². The number of carboxylic acid groups (broad SMARTS) is 1. The van der Waals surface area contributed by atoms with Crippen LogP contribution in [-0.2, 0) is 14.4 Å². The topological polar surface area (TPSA) is 101 Å². The van der Waals surface area contributed by atoms with Gasteiger partial charge in [-0.15, -0.1) is 0 Å². The standard InChI is InChI=1S/C23H22FNO6/c24-16-8-6-15(7-9-16)18-12-13-25(23(30)31-17-4-2-1-3-5-17)14-19(18)22(29)20(26)10-11-21(27)28/h1-9,18-19H,10-14H2,(H,27,28)/t18-,19+/m0/s1. The molecule has 1 aliphatic heterocycles. The van der Waals surface area contributed by atoms with Crippen LogP contribution in [0, 0.1) is 11.7 Å². The van der Waals surface area contributed by atoms with Crippen LogP contribution in [0.25, 0.3) is 0 Å². The number of amides is 1. The minimum atomic E-state index is -1.17. The third-order valence-corrected chi connectivity index (χ3v) is 5.30. The fourth-order valence-corrected chi connectivity index (χ4v) is 3.70. The SMILES string of the molecule is O=C(O)CCC(=O)C(=O)[C@@H]1CN(C(=O)Oc2ccccc2)CC[C@H]1c1ccc(F)cc1. The van der Waals surface area contributed by atoms with Crippen molar-refractivity contribution in [3.05, 3.63) is 66.0 Å². The van der Waals surface area contributed by atoms with E-state index in [9.17, 15) is 23.6 Å². The summed E-state index contributed by atoms with van der Waals surface area (Å²) in [4.78, 5) is 49.9. The Hall–Kier alpha value is -3.55. The highest BCUT2D eigenvalue weighted by atomic mass is 19.1. The van der Waals surface area contributed by atoms with Crippen LogP contribution in [0.15, 0.2) is 54.6 Å². The third-order valence-electron chi connectivity index (χ3n) is 5.30. The molecular weight excluding hydrogens is 405 g/mol. The number of piperidine rings is 1. The third kappa shape index (κ3) is 5.75. The summed E-state index contributed by atoms with van der Waals surface area (Å²) in [5.41, 5.74) is 0.682. The van der Waals surface area contributed by atoms with E-state index in [-0.39, 0.29) is 6.54 Å². The van der Waals surface area contributed by atoms with Gasteiger partial charge in [0.15, 0.2) is 5.78 Å². The van der Waals surface area contributed by atoms with Gasteiger partial charge in [-0.1, -0.05) is 30.3 Å². The highest BCUT2D eigenvalue weighted by Gasteiger charge is 2.39. The smallest absolute Gasteiger partial charge is 0.415 e. The second kappa shape index (κ2) is 9.97. The molecule has 0 unspecified atom stereocenters. The van der Waals surface area contributed by atoms with Gasteiger partial charge in [-0.2, -0.15) is 0 Å². The molecule has 0 bridgehead atoms. The monoisotopic (exact) mass is 427 g/mol. The first-order valence-corrected chi connectivity index (χ1v) is 9.91. The molecule has 1 aliphatic rings. The molecule has 1 N–H and O–H groups in total. The molecule has 0 spiro atoms. The van der Waals surface area contributed by atoms with Crippen molar-refractivity contribution in [2.45, 2.75) is 25.2 Å². The minimum absolute atomic E-state index is 0.0502. The first kappa shape index (κ1) is 22.1. The number of ketones is 2. The number of carboxylic acids is 1. The van der Waals surface area contributed by atoms with E-state index in [1.807, 2.05) is 0 Å². The largest absolute Gasteiger partial charge is 0.481 e. The van der Waals surface area contributed by atoms with Gasteiger partial charge in [-0.25, -0.2) is 9.18 Å². The van der Waals surface area contributed by atoms with Crippen molar-refractivity contribution in [2.75, 3.05) is 13.1 Å². The molecule has 8 heteroatoms. The van der Waals surface area contributed by atoms with Crippen LogP contribution in [0.1, 0.15) is 30.7 Å². The molecule has 162 valence electrons. The lowest BCUT2D eigenvalue weighted by atomic mass is 9.77. The Bertz CT molecular complexity index is 960. The van der Waals surface area contributed by atoms with Crippen LogP contribution in [0.5, 0.6) is 5.75 Å². The zero-order chi connectivity index (χ0) is 22.4. The Balaban J connectivity index is 1.79. The molecule has 2 atom stereocenters. The average Bonchev–Trinajstić information content (AvgIpc) is 2.77. The summed E-state index contributed by atoms with van der Waals surface area (Å²) < 4.78 is 18.7. The molecule has 1 fully saturated rings. The Morgan fingerprint density at radius 1 is 1.00 bits per heavy atom. The van der Waals surface area contributed by atoms with Crippen LogP contribution in [-0.4, -0.2) is 46.7 Å². The van der Waals surface area contributed by atoms with Gasteiger partial charge in [0.25, 0.3) is 0 Å². The van der Waals surface area contributed by atoms with Gasteiger partial charge in [0.05, 0.1) is 12.3 Å². The second-order valence-corrected chi connectivity index (χ2v) is 7.36. The Morgan fingerprint density at radius 3 is 2.32 bits per heavy atom. The number of nitrogens with zero attached hydrogens (tertiary/aromatic N) is 1. The zero-order valence-corrected chi connectivity index (χ0v) is 16.7. The summed E-state index contributed by atoms with van der Waals surface area (Å²) in [6.07, 6.45) is -1.12. The Labute approximate surface area is 178 Å². The maximum atomic E-state index is 13.3. The minimum Gasteiger partial charge on any atom is -0.481 e. The maximum Gasteiger partial charge on any atom is 0.415 e. The summed E-state index contributed by atoms with van der Waals surface area (Å²) in [6, 6.07) is 14.1. The first-order valence-electron chi connectivity index (χ1n) is 9.91. The lowest BCUT2D eigenvalue weighted by Gasteiger charge is -2.37. The van der Waals surface area contributed by atoms with E-state index in [1.165, 1.54) is 17.0 Å². The van der Waals surface area contributed by atoms with Gasteiger partial charge in [-0.3, -0.25) is 14.4 Å². The van der Waals surface area contributed by atoms with Crippen LogP contribution in [0.3, 0.4) is 0 Å². The molecule has 3 rings (SSSR count). The van der Waals surface area contributed by atoms with Gasteiger partial charge >= 0.3 is 12.1 Å². The molecular formula is C23H22FNO6. The number of hydrogen-bond acceptors (Lipinski definition) is 5. The van der Waals surface area contributed by atoms with Crippen LogP contribution in [0.4, 0.5) is 9.18 Å². The molecule has 7 nitrogen and oxygen atoms in total. The number of halogens is 1. The van der Waals surface area contributed by atoms with Crippen molar-refractivity contribution in [2.24, 2.45) is 5.92 Å². The van der Waals surface area contributed by atoms with E-state index in [0.717, 1.165) is 0 Å². The van der Waals surface area contributed by atoms with E-state index in [0.29, 0.717) is 24.3 Å². The van der Waals surface area contributed by atoms with Gasteiger partial charge in [0.1, 0.15) is 11.6 Å². The van der Waals surface area contributed by atoms with Gasteiger partial charge in [0.2, 0.25) is 5.78 Å².